The van der Waals surface area contributed by atoms with Crippen LogP contribution in [0.15, 0.2) is 48.7 Å². The maximum Gasteiger partial charge on any atom is 0.315 e. The van der Waals surface area contributed by atoms with Crippen molar-refractivity contribution in [1.29, 1.82) is 0 Å². The SMILES string of the molecule is Cc1cccc2c1c(Cc1ccc(OCCCN3CCCC4(CCN(C(=O)CNC(=O)NCC(C)C)CC4)C3)cc1)cn2C1OC(CO)C(O)C(O)C1O. The Morgan fingerprint density at radius 2 is 1.74 bits per heavy atom. The van der Waals surface area contributed by atoms with Crippen LogP contribution in [0.5, 0.6) is 5.75 Å². The number of nitrogens with zero attached hydrogens (tertiary/aromatic N) is 3. The number of fused-ring (bicyclic) bond motifs is 1. The van der Waals surface area contributed by atoms with E-state index in [0.717, 1.165) is 91.7 Å². The Kier molecular flexibility index (Phi) is 13.2. The summed E-state index contributed by atoms with van der Waals surface area (Å²) in [6.45, 7) is 11.4. The van der Waals surface area contributed by atoms with Gasteiger partial charge in [0.25, 0.3) is 0 Å². The van der Waals surface area contributed by atoms with Gasteiger partial charge in [-0.2, -0.15) is 0 Å². The zero-order valence-corrected chi connectivity index (χ0v) is 32.0. The van der Waals surface area contributed by atoms with Gasteiger partial charge in [-0.15, -0.1) is 0 Å². The van der Waals surface area contributed by atoms with Crippen LogP contribution in [0.3, 0.4) is 0 Å². The molecule has 2 aromatic carbocycles. The molecule has 1 spiro atoms. The fourth-order valence-corrected chi connectivity index (χ4v) is 8.41. The highest BCUT2D eigenvalue weighted by Crippen LogP contribution is 2.40. The number of likely N-dealkylation sites (tertiary alicyclic amines) is 2. The van der Waals surface area contributed by atoms with E-state index in [2.05, 4.69) is 27.7 Å². The van der Waals surface area contributed by atoms with E-state index in [1.54, 1.807) is 4.57 Å². The number of aliphatic hydroxyl groups is 4. The number of carbonyl (C=O) groups is 2. The van der Waals surface area contributed by atoms with Crippen molar-refractivity contribution in [1.82, 2.24) is 25.0 Å². The average Bonchev–Trinajstić information content (AvgIpc) is 3.53. The molecular formula is C41H59N5O8. The molecule has 0 aliphatic carbocycles. The third-order valence-electron chi connectivity index (χ3n) is 11.5. The highest BCUT2D eigenvalue weighted by atomic mass is 16.6. The van der Waals surface area contributed by atoms with E-state index < -0.39 is 37.3 Å². The summed E-state index contributed by atoms with van der Waals surface area (Å²) in [5.41, 5.74) is 4.27. The Labute approximate surface area is 318 Å². The van der Waals surface area contributed by atoms with E-state index >= 15 is 0 Å². The second-order valence-electron chi connectivity index (χ2n) is 16.0. The molecule has 3 fully saturated rings. The largest absolute Gasteiger partial charge is 0.494 e. The molecule has 0 saturated carbocycles. The lowest BCUT2D eigenvalue weighted by atomic mass is 9.72. The molecule has 13 heteroatoms. The highest BCUT2D eigenvalue weighted by molar-refractivity contribution is 5.87. The van der Waals surface area contributed by atoms with Crippen molar-refractivity contribution in [2.45, 2.75) is 89.9 Å². The van der Waals surface area contributed by atoms with E-state index in [1.165, 1.54) is 6.42 Å². The second-order valence-corrected chi connectivity index (χ2v) is 16.0. The normalized spacial score (nSPS) is 24.6. The van der Waals surface area contributed by atoms with Gasteiger partial charge in [0.05, 0.1) is 25.3 Å². The summed E-state index contributed by atoms with van der Waals surface area (Å²) in [5, 5.41) is 47.9. The topological polar surface area (TPSA) is 169 Å². The third kappa shape index (κ3) is 9.38. The third-order valence-corrected chi connectivity index (χ3v) is 11.5. The number of hydrogen-bond donors (Lipinski definition) is 6. The molecular weight excluding hydrogens is 690 g/mol. The van der Waals surface area contributed by atoms with Crippen molar-refractivity contribution in [3.63, 3.8) is 0 Å². The van der Waals surface area contributed by atoms with Crippen LogP contribution in [-0.2, 0) is 16.0 Å². The van der Waals surface area contributed by atoms with E-state index in [1.807, 2.05) is 62.2 Å². The zero-order chi connectivity index (χ0) is 38.4. The van der Waals surface area contributed by atoms with Crippen molar-refractivity contribution >= 4 is 22.8 Å². The van der Waals surface area contributed by atoms with Crippen molar-refractivity contribution in [2.75, 3.05) is 59.0 Å². The summed E-state index contributed by atoms with van der Waals surface area (Å²) in [6, 6.07) is 13.7. The number of piperidine rings is 2. The van der Waals surface area contributed by atoms with Gasteiger partial charge >= 0.3 is 6.03 Å². The number of aromatic nitrogens is 1. The number of aryl methyl sites for hydroxylation is 1. The van der Waals surface area contributed by atoms with Crippen LogP contribution >= 0.6 is 0 Å². The lowest BCUT2D eigenvalue weighted by Gasteiger charge is -2.47. The lowest BCUT2D eigenvalue weighted by molar-refractivity contribution is -0.250. The van der Waals surface area contributed by atoms with Gasteiger partial charge in [-0.3, -0.25) is 4.79 Å². The Bertz CT molecular complexity index is 1700. The van der Waals surface area contributed by atoms with Crippen LogP contribution < -0.4 is 15.4 Å². The fraction of sp³-hybridized carbons (Fsp3) is 0.610. The molecule has 3 aliphatic heterocycles. The average molecular weight is 750 g/mol. The predicted molar refractivity (Wildman–Crippen MR) is 205 cm³/mol. The maximum absolute atomic E-state index is 12.8. The summed E-state index contributed by atoms with van der Waals surface area (Å²) in [4.78, 5) is 29.2. The van der Waals surface area contributed by atoms with Crippen LogP contribution in [0.25, 0.3) is 10.9 Å². The smallest absolute Gasteiger partial charge is 0.315 e. The molecule has 0 bridgehead atoms. The maximum atomic E-state index is 12.8. The first-order chi connectivity index (χ1) is 26.0. The van der Waals surface area contributed by atoms with E-state index in [-0.39, 0.29) is 23.9 Å². The van der Waals surface area contributed by atoms with Gasteiger partial charge < -0.3 is 54.9 Å². The summed E-state index contributed by atoms with van der Waals surface area (Å²) >= 11 is 0. The zero-order valence-electron chi connectivity index (χ0n) is 32.0. The minimum absolute atomic E-state index is 0.0167. The number of ether oxygens (including phenoxy) is 2. The van der Waals surface area contributed by atoms with Crippen LogP contribution in [0, 0.1) is 18.3 Å². The van der Waals surface area contributed by atoms with E-state index in [4.69, 9.17) is 9.47 Å². The van der Waals surface area contributed by atoms with Gasteiger partial charge in [-0.25, -0.2) is 4.79 Å². The Hall–Kier alpha value is -3.72. The number of benzene rings is 2. The van der Waals surface area contributed by atoms with Gasteiger partial charge in [0, 0.05) is 44.3 Å². The standard InChI is InChI=1S/C41H59N5O8/c1-27(2)22-42-40(52)43-23-34(48)45-18-14-41(15-19-45)13-5-16-44(26-41)17-6-20-53-31-11-9-29(10-12-31)21-30-24-46(32-8-4-7-28(3)35(30)32)39-38(51)37(50)36(49)33(25-47)54-39/h4,7-12,24,27,33,36-39,47,49-51H,5-6,13-23,25-26H2,1-3H3,(H2,42,43,52). The fourth-order valence-electron chi connectivity index (χ4n) is 8.41. The van der Waals surface area contributed by atoms with Gasteiger partial charge in [-0.05, 0) is 98.2 Å². The van der Waals surface area contributed by atoms with Crippen molar-refractivity contribution in [2.24, 2.45) is 11.3 Å². The number of nitrogens with one attached hydrogen (secondary N) is 2. The van der Waals surface area contributed by atoms with Crippen LogP contribution in [0.4, 0.5) is 4.79 Å². The molecule has 13 nitrogen and oxygen atoms in total. The number of carbonyl (C=O) groups excluding carboxylic acids is 2. The minimum atomic E-state index is -1.46. The quantitative estimate of drug-likeness (QED) is 0.144. The summed E-state index contributed by atoms with van der Waals surface area (Å²) in [5.74, 6) is 1.16. The Morgan fingerprint density at radius 3 is 2.46 bits per heavy atom. The van der Waals surface area contributed by atoms with Crippen molar-refractivity contribution < 1.29 is 39.5 Å². The molecule has 296 valence electrons. The Balaban J connectivity index is 0.966. The molecule has 6 rings (SSSR count). The molecule has 54 heavy (non-hydrogen) atoms. The minimum Gasteiger partial charge on any atom is -0.494 e. The van der Waals surface area contributed by atoms with Crippen LogP contribution in [0.1, 0.15) is 68.9 Å². The molecule has 0 radical (unpaired) electrons. The Morgan fingerprint density at radius 1 is 0.981 bits per heavy atom. The first kappa shape index (κ1) is 40.0. The molecule has 1 aromatic heterocycles. The molecule has 5 atom stereocenters. The van der Waals surface area contributed by atoms with Crippen molar-refractivity contribution in [3.05, 3.63) is 65.4 Å². The van der Waals surface area contributed by atoms with Gasteiger partial charge in [-0.1, -0.05) is 38.1 Å². The number of aliphatic hydroxyl groups excluding tert-OH is 4. The molecule has 3 aromatic rings. The summed E-state index contributed by atoms with van der Waals surface area (Å²) < 4.78 is 13.8. The van der Waals surface area contributed by atoms with Gasteiger partial charge in [0.1, 0.15) is 30.2 Å². The number of rotatable bonds is 13. The van der Waals surface area contributed by atoms with Crippen LogP contribution in [0.2, 0.25) is 0 Å². The summed E-state index contributed by atoms with van der Waals surface area (Å²) in [7, 11) is 0. The van der Waals surface area contributed by atoms with Crippen LogP contribution in [-0.4, -0.2) is 130 Å². The first-order valence-electron chi connectivity index (χ1n) is 19.6. The monoisotopic (exact) mass is 749 g/mol. The number of hydrogen-bond acceptors (Lipinski definition) is 9. The van der Waals surface area contributed by atoms with Crippen molar-refractivity contribution in [3.8, 4) is 5.75 Å². The summed E-state index contributed by atoms with van der Waals surface area (Å²) in [6.07, 6.45) is 1.60. The molecule has 5 unspecified atom stereocenters. The lowest BCUT2D eigenvalue weighted by Crippen LogP contribution is -2.56. The molecule has 4 heterocycles. The molecule has 3 saturated heterocycles. The van der Waals surface area contributed by atoms with E-state index in [0.29, 0.717) is 25.5 Å². The second kappa shape index (κ2) is 17.8. The molecule has 3 aliphatic rings. The van der Waals surface area contributed by atoms with Gasteiger partial charge in [0.15, 0.2) is 6.23 Å². The van der Waals surface area contributed by atoms with E-state index in [9.17, 15) is 30.0 Å². The molecule has 3 amide bonds. The number of urea groups is 1. The predicted octanol–water partition coefficient (Wildman–Crippen LogP) is 2.94. The highest BCUT2D eigenvalue weighted by Gasteiger charge is 2.45. The first-order valence-corrected chi connectivity index (χ1v) is 19.6. The number of amides is 3. The molecule has 6 N–H and O–H groups in total. The van der Waals surface area contributed by atoms with Gasteiger partial charge in [0.2, 0.25) is 5.91 Å².